The molecule has 29 heavy (non-hydrogen) atoms. The van der Waals surface area contributed by atoms with Gasteiger partial charge in [-0.1, -0.05) is 12.1 Å². The fourth-order valence-corrected chi connectivity index (χ4v) is 3.79. The van der Waals surface area contributed by atoms with Crippen molar-refractivity contribution in [2.75, 3.05) is 5.32 Å². The predicted octanol–water partition coefficient (Wildman–Crippen LogP) is 3.27. The second-order valence-electron chi connectivity index (χ2n) is 6.30. The zero-order valence-corrected chi connectivity index (χ0v) is 15.9. The molecule has 0 aliphatic heterocycles. The van der Waals surface area contributed by atoms with Crippen molar-refractivity contribution < 1.29 is 14.0 Å². The molecule has 0 unspecified atom stereocenters. The minimum Gasteiger partial charge on any atom is -0.352 e. The Balaban J connectivity index is 1.40. The number of pyridine rings is 1. The van der Waals surface area contributed by atoms with Gasteiger partial charge in [0.25, 0.3) is 5.91 Å². The van der Waals surface area contributed by atoms with Gasteiger partial charge < -0.3 is 10.6 Å². The van der Waals surface area contributed by atoms with E-state index in [1.54, 1.807) is 36.7 Å². The first-order valence-electron chi connectivity index (χ1n) is 8.78. The number of halogens is 1. The molecule has 3 heterocycles. The van der Waals surface area contributed by atoms with Gasteiger partial charge in [-0.3, -0.25) is 19.7 Å². The Hall–Kier alpha value is -3.59. The average molecular weight is 409 g/mol. The molecule has 0 fully saturated rings. The van der Waals surface area contributed by atoms with E-state index in [1.165, 1.54) is 23.5 Å². The first-order chi connectivity index (χ1) is 14.1. The molecule has 2 amide bonds. The van der Waals surface area contributed by atoms with Crippen LogP contribution in [0.1, 0.15) is 20.8 Å². The number of hydrogen-bond donors (Lipinski definition) is 3. The molecule has 0 atom stereocenters. The molecule has 0 aliphatic carbocycles. The van der Waals surface area contributed by atoms with Gasteiger partial charge in [0.1, 0.15) is 16.5 Å². The Labute approximate surface area is 169 Å². The summed E-state index contributed by atoms with van der Waals surface area (Å²) in [5.41, 5.74) is 1.18. The van der Waals surface area contributed by atoms with Crippen molar-refractivity contribution in [3.8, 4) is 0 Å². The van der Waals surface area contributed by atoms with Crippen molar-refractivity contribution in [2.45, 2.75) is 13.0 Å². The molecule has 0 spiro atoms. The highest BCUT2D eigenvalue weighted by Crippen LogP contribution is 2.29. The lowest BCUT2D eigenvalue weighted by Gasteiger charge is -2.04. The summed E-state index contributed by atoms with van der Waals surface area (Å²) in [6.07, 6.45) is 3.26. The van der Waals surface area contributed by atoms with Crippen LogP contribution >= 0.6 is 11.3 Å². The molecule has 1 aromatic carbocycles. The van der Waals surface area contributed by atoms with E-state index in [1.807, 2.05) is 6.07 Å². The van der Waals surface area contributed by atoms with Gasteiger partial charge in [0.15, 0.2) is 0 Å². The Bertz CT molecular complexity index is 1170. The topological polar surface area (TPSA) is 99.8 Å². The monoisotopic (exact) mass is 409 g/mol. The normalized spacial score (nSPS) is 10.8. The third kappa shape index (κ3) is 4.46. The molecule has 4 rings (SSSR count). The van der Waals surface area contributed by atoms with Crippen LogP contribution < -0.4 is 10.6 Å². The molecule has 0 radical (unpaired) electrons. The van der Waals surface area contributed by atoms with Gasteiger partial charge >= 0.3 is 0 Å². The number of nitrogens with one attached hydrogen (secondary N) is 3. The first kappa shape index (κ1) is 18.8. The molecule has 0 aliphatic rings. The lowest BCUT2D eigenvalue weighted by molar-refractivity contribution is -0.120. The number of aromatic nitrogens is 3. The van der Waals surface area contributed by atoms with Gasteiger partial charge in [0.2, 0.25) is 5.91 Å². The van der Waals surface area contributed by atoms with Gasteiger partial charge in [-0.2, -0.15) is 5.10 Å². The lowest BCUT2D eigenvalue weighted by Crippen LogP contribution is -2.24. The van der Waals surface area contributed by atoms with Gasteiger partial charge in [0, 0.05) is 29.4 Å². The summed E-state index contributed by atoms with van der Waals surface area (Å²) in [4.78, 5) is 29.9. The van der Waals surface area contributed by atoms with Crippen LogP contribution in [0.2, 0.25) is 0 Å². The quantitative estimate of drug-likeness (QED) is 0.455. The largest absolute Gasteiger partial charge is 0.352 e. The van der Waals surface area contributed by atoms with Crippen molar-refractivity contribution in [1.29, 1.82) is 0 Å². The molecule has 4 aromatic rings. The van der Waals surface area contributed by atoms with E-state index in [4.69, 9.17) is 0 Å². The number of benzene rings is 1. The first-order valence-corrected chi connectivity index (χ1v) is 9.59. The molecule has 146 valence electrons. The molecular formula is C20H16FN5O2S. The van der Waals surface area contributed by atoms with Crippen molar-refractivity contribution in [3.63, 3.8) is 0 Å². The second-order valence-corrected chi connectivity index (χ2v) is 7.42. The van der Waals surface area contributed by atoms with Crippen LogP contribution in [-0.4, -0.2) is 27.0 Å². The van der Waals surface area contributed by atoms with E-state index in [0.717, 1.165) is 10.3 Å². The zero-order valence-electron chi connectivity index (χ0n) is 15.1. The summed E-state index contributed by atoms with van der Waals surface area (Å²) in [5, 5.41) is 13.3. The number of thiophene rings is 1. The van der Waals surface area contributed by atoms with Gasteiger partial charge in [0.05, 0.1) is 11.8 Å². The van der Waals surface area contributed by atoms with Crippen molar-refractivity contribution in [2.24, 2.45) is 0 Å². The SMILES string of the molecule is O=C(Cc1cc2c(NC(=O)c3ccncc3)[nH]nc2s1)NCc1cccc(F)c1. The van der Waals surface area contributed by atoms with E-state index >= 15 is 0 Å². The van der Waals surface area contributed by atoms with Crippen molar-refractivity contribution in [3.05, 3.63) is 76.7 Å². The van der Waals surface area contributed by atoms with Crippen LogP contribution in [0, 0.1) is 5.82 Å². The molecule has 3 aromatic heterocycles. The second kappa shape index (κ2) is 8.19. The molecule has 3 N–H and O–H groups in total. The van der Waals surface area contributed by atoms with Gasteiger partial charge in [-0.15, -0.1) is 11.3 Å². The Morgan fingerprint density at radius 1 is 1.14 bits per heavy atom. The van der Waals surface area contributed by atoms with Crippen LogP contribution in [0.5, 0.6) is 0 Å². The van der Waals surface area contributed by atoms with E-state index in [2.05, 4.69) is 25.8 Å². The van der Waals surface area contributed by atoms with Crippen LogP contribution in [0.25, 0.3) is 10.2 Å². The van der Waals surface area contributed by atoms with E-state index in [0.29, 0.717) is 21.8 Å². The number of hydrogen-bond acceptors (Lipinski definition) is 5. The highest BCUT2D eigenvalue weighted by molar-refractivity contribution is 7.18. The number of H-pyrrole nitrogens is 1. The Kier molecular flexibility index (Phi) is 5.30. The number of carbonyl (C=O) groups is 2. The third-order valence-electron chi connectivity index (χ3n) is 4.20. The van der Waals surface area contributed by atoms with E-state index in [-0.39, 0.29) is 30.6 Å². The molecule has 7 nitrogen and oxygen atoms in total. The van der Waals surface area contributed by atoms with Crippen LogP contribution in [-0.2, 0) is 17.8 Å². The maximum Gasteiger partial charge on any atom is 0.256 e. The summed E-state index contributed by atoms with van der Waals surface area (Å²) < 4.78 is 13.2. The fourth-order valence-electron chi connectivity index (χ4n) is 2.80. The minimum absolute atomic E-state index is 0.175. The maximum atomic E-state index is 13.2. The smallest absolute Gasteiger partial charge is 0.256 e. The highest BCUT2D eigenvalue weighted by atomic mass is 32.1. The van der Waals surface area contributed by atoms with Crippen LogP contribution in [0.3, 0.4) is 0 Å². The highest BCUT2D eigenvalue weighted by Gasteiger charge is 2.15. The average Bonchev–Trinajstić information content (AvgIpc) is 3.28. The number of fused-ring (bicyclic) bond motifs is 1. The standard InChI is InChI=1S/C20H16FN5O2S/c21-14-3-1-2-12(8-14)11-23-17(27)10-15-9-16-18(25-26-20(16)29-15)24-19(28)13-4-6-22-7-5-13/h1-9H,10-11H2,(H,23,27)(H2,24,25,26,28). The van der Waals surface area contributed by atoms with E-state index < -0.39 is 0 Å². The molecule has 9 heteroatoms. The Morgan fingerprint density at radius 2 is 1.97 bits per heavy atom. The van der Waals surface area contributed by atoms with E-state index in [9.17, 15) is 14.0 Å². The summed E-state index contributed by atoms with van der Waals surface area (Å²) in [6.45, 7) is 0.257. The minimum atomic E-state index is -0.336. The number of nitrogens with zero attached hydrogens (tertiary/aromatic N) is 2. The maximum absolute atomic E-state index is 13.2. The third-order valence-corrected chi connectivity index (χ3v) is 5.23. The molecule has 0 bridgehead atoms. The molecular weight excluding hydrogens is 393 g/mol. The number of aromatic amines is 1. The van der Waals surface area contributed by atoms with Crippen LogP contribution in [0.4, 0.5) is 10.2 Å². The summed E-state index contributed by atoms with van der Waals surface area (Å²) >= 11 is 1.37. The lowest BCUT2D eigenvalue weighted by atomic mass is 10.2. The summed E-state index contributed by atoms with van der Waals surface area (Å²) in [6, 6.07) is 11.2. The number of carbonyl (C=O) groups excluding carboxylic acids is 2. The fraction of sp³-hybridized carbons (Fsp3) is 0.100. The number of amides is 2. The van der Waals surface area contributed by atoms with Gasteiger partial charge in [-0.05, 0) is 35.9 Å². The zero-order chi connectivity index (χ0) is 20.2. The predicted molar refractivity (Wildman–Crippen MR) is 108 cm³/mol. The molecule has 0 saturated carbocycles. The number of rotatable bonds is 6. The van der Waals surface area contributed by atoms with Crippen molar-refractivity contribution in [1.82, 2.24) is 20.5 Å². The van der Waals surface area contributed by atoms with Gasteiger partial charge in [-0.25, -0.2) is 4.39 Å². The summed E-state index contributed by atoms with van der Waals surface area (Å²) in [7, 11) is 0. The Morgan fingerprint density at radius 3 is 2.76 bits per heavy atom. The molecule has 0 saturated heterocycles. The number of anilines is 1. The van der Waals surface area contributed by atoms with Crippen LogP contribution in [0.15, 0.2) is 54.9 Å². The van der Waals surface area contributed by atoms with Crippen molar-refractivity contribution >= 4 is 39.2 Å². The summed E-state index contributed by atoms with van der Waals surface area (Å²) in [5.74, 6) is -0.315.